The van der Waals surface area contributed by atoms with Gasteiger partial charge in [-0.3, -0.25) is 4.79 Å². The number of methoxy groups -OCH3 is 2. The Labute approximate surface area is 169 Å². The second-order valence-corrected chi connectivity index (χ2v) is 6.10. The van der Waals surface area contributed by atoms with E-state index in [0.29, 0.717) is 29.4 Å². The third-order valence-electron chi connectivity index (χ3n) is 4.26. The van der Waals surface area contributed by atoms with Gasteiger partial charge in [0.25, 0.3) is 5.91 Å². The minimum absolute atomic E-state index is 0.370. The molecule has 29 heavy (non-hydrogen) atoms. The van der Waals surface area contributed by atoms with Crippen LogP contribution < -0.4 is 19.6 Å². The summed E-state index contributed by atoms with van der Waals surface area (Å²) in [7, 11) is 3.06. The van der Waals surface area contributed by atoms with Crippen LogP contribution in [0.25, 0.3) is 10.8 Å². The van der Waals surface area contributed by atoms with Crippen molar-refractivity contribution in [2.75, 3.05) is 20.8 Å². The van der Waals surface area contributed by atoms with Crippen molar-refractivity contribution >= 4 is 22.9 Å². The first-order chi connectivity index (χ1) is 14.2. The predicted octanol–water partition coefficient (Wildman–Crippen LogP) is 4.19. The summed E-state index contributed by atoms with van der Waals surface area (Å²) in [5, 5.41) is 6.15. The van der Waals surface area contributed by atoms with Gasteiger partial charge in [0, 0.05) is 17.2 Å². The highest BCUT2D eigenvalue weighted by Crippen LogP contribution is 2.27. The summed E-state index contributed by atoms with van der Waals surface area (Å²) in [6.07, 6.45) is 3.25. The number of fused-ring (bicyclic) bond motifs is 1. The van der Waals surface area contributed by atoms with E-state index in [4.69, 9.17) is 14.2 Å². The number of carbonyl (C=O) groups excluding carboxylic acids is 1. The fraction of sp³-hybridized carbons (Fsp3) is 0.130. The highest BCUT2D eigenvalue weighted by molar-refractivity contribution is 6.03. The van der Waals surface area contributed by atoms with Gasteiger partial charge in [0.2, 0.25) is 0 Å². The first kappa shape index (κ1) is 19.9. The van der Waals surface area contributed by atoms with Crippen molar-refractivity contribution in [3.8, 4) is 17.2 Å². The first-order valence-electron chi connectivity index (χ1n) is 8.98. The second kappa shape index (κ2) is 9.41. The molecule has 0 bridgehead atoms. The van der Waals surface area contributed by atoms with Gasteiger partial charge in [-0.05, 0) is 29.0 Å². The van der Waals surface area contributed by atoms with Crippen molar-refractivity contribution in [1.29, 1.82) is 0 Å². The van der Waals surface area contributed by atoms with Crippen LogP contribution in [0.1, 0.15) is 15.9 Å². The number of benzene rings is 3. The molecule has 0 aliphatic rings. The molecule has 0 unspecified atom stereocenters. The Bertz CT molecular complexity index is 1040. The SMILES string of the molecule is C=CCOc1ccc2ccccc2c1/C=N\NC(=O)c1cc(OC)cc(OC)c1. The number of carbonyl (C=O) groups is 1. The summed E-state index contributed by atoms with van der Waals surface area (Å²) in [5.74, 6) is 1.32. The predicted molar refractivity (Wildman–Crippen MR) is 114 cm³/mol. The Morgan fingerprint density at radius 3 is 2.48 bits per heavy atom. The molecule has 6 heteroatoms. The fourth-order valence-electron chi connectivity index (χ4n) is 2.84. The molecule has 0 spiro atoms. The number of hydrogen-bond acceptors (Lipinski definition) is 5. The summed E-state index contributed by atoms with van der Waals surface area (Å²) in [5.41, 5.74) is 3.69. The fourth-order valence-corrected chi connectivity index (χ4v) is 2.84. The zero-order chi connectivity index (χ0) is 20.6. The van der Waals surface area contributed by atoms with Gasteiger partial charge in [-0.25, -0.2) is 5.43 Å². The molecule has 0 atom stereocenters. The van der Waals surface area contributed by atoms with Gasteiger partial charge < -0.3 is 14.2 Å². The number of ether oxygens (including phenoxy) is 3. The number of hydrogen-bond donors (Lipinski definition) is 1. The maximum Gasteiger partial charge on any atom is 0.271 e. The molecule has 0 aromatic heterocycles. The number of nitrogens with one attached hydrogen (secondary N) is 1. The summed E-state index contributed by atoms with van der Waals surface area (Å²) in [6.45, 7) is 4.05. The molecule has 3 aromatic carbocycles. The van der Waals surface area contributed by atoms with Crippen LogP contribution in [-0.2, 0) is 0 Å². The van der Waals surface area contributed by atoms with Crippen LogP contribution in [0.2, 0.25) is 0 Å². The van der Waals surface area contributed by atoms with Crippen LogP contribution in [-0.4, -0.2) is 32.9 Å². The van der Waals surface area contributed by atoms with Gasteiger partial charge in [-0.15, -0.1) is 0 Å². The van der Waals surface area contributed by atoms with Gasteiger partial charge in [0.05, 0.1) is 20.4 Å². The monoisotopic (exact) mass is 390 g/mol. The Kier molecular flexibility index (Phi) is 6.47. The Morgan fingerprint density at radius 2 is 1.79 bits per heavy atom. The highest BCUT2D eigenvalue weighted by atomic mass is 16.5. The zero-order valence-electron chi connectivity index (χ0n) is 16.3. The highest BCUT2D eigenvalue weighted by Gasteiger charge is 2.10. The van der Waals surface area contributed by atoms with Crippen LogP contribution in [0.3, 0.4) is 0 Å². The minimum Gasteiger partial charge on any atom is -0.497 e. The van der Waals surface area contributed by atoms with Crippen molar-refractivity contribution in [2.45, 2.75) is 0 Å². The van der Waals surface area contributed by atoms with Gasteiger partial charge in [-0.1, -0.05) is 43.0 Å². The van der Waals surface area contributed by atoms with E-state index in [2.05, 4.69) is 17.1 Å². The molecule has 0 aliphatic carbocycles. The van der Waals surface area contributed by atoms with Gasteiger partial charge >= 0.3 is 0 Å². The van der Waals surface area contributed by atoms with Crippen LogP contribution in [0.15, 0.2) is 72.4 Å². The summed E-state index contributed by atoms with van der Waals surface area (Å²) in [4.78, 5) is 12.5. The van der Waals surface area contributed by atoms with E-state index in [1.54, 1.807) is 30.5 Å². The molecule has 0 saturated heterocycles. The smallest absolute Gasteiger partial charge is 0.271 e. The Balaban J connectivity index is 1.87. The van der Waals surface area contributed by atoms with Crippen molar-refractivity contribution in [3.63, 3.8) is 0 Å². The van der Waals surface area contributed by atoms with E-state index in [1.807, 2.05) is 36.4 Å². The largest absolute Gasteiger partial charge is 0.497 e. The molecule has 0 radical (unpaired) electrons. The van der Waals surface area contributed by atoms with Gasteiger partial charge in [-0.2, -0.15) is 5.10 Å². The lowest BCUT2D eigenvalue weighted by molar-refractivity contribution is 0.0954. The molecular formula is C23H22N2O4. The van der Waals surface area contributed by atoms with Crippen molar-refractivity contribution in [1.82, 2.24) is 5.43 Å². The summed E-state index contributed by atoms with van der Waals surface area (Å²) >= 11 is 0. The molecule has 0 fully saturated rings. The second-order valence-electron chi connectivity index (χ2n) is 6.10. The standard InChI is InChI=1S/C23H22N2O4/c1-4-11-29-22-10-9-16-7-5-6-8-20(16)21(22)15-24-25-23(26)17-12-18(27-2)14-19(13-17)28-3/h4-10,12-15H,1,11H2,2-3H3,(H,25,26)/b24-15-. The van der Waals surface area contributed by atoms with E-state index >= 15 is 0 Å². The quantitative estimate of drug-likeness (QED) is 0.356. The maximum absolute atomic E-state index is 12.5. The van der Waals surface area contributed by atoms with E-state index < -0.39 is 0 Å². The average molecular weight is 390 g/mol. The van der Waals surface area contributed by atoms with Crippen LogP contribution >= 0.6 is 0 Å². The molecule has 0 saturated carbocycles. The molecule has 1 amide bonds. The average Bonchev–Trinajstić information content (AvgIpc) is 2.77. The normalized spacial score (nSPS) is 10.7. The topological polar surface area (TPSA) is 69.2 Å². The van der Waals surface area contributed by atoms with Crippen molar-refractivity contribution in [3.05, 3.63) is 78.4 Å². The third-order valence-corrected chi connectivity index (χ3v) is 4.26. The van der Waals surface area contributed by atoms with E-state index in [0.717, 1.165) is 16.3 Å². The van der Waals surface area contributed by atoms with E-state index in [9.17, 15) is 4.79 Å². The molecule has 3 aromatic rings. The number of hydrazone groups is 1. The number of amides is 1. The lowest BCUT2D eigenvalue weighted by Crippen LogP contribution is -2.18. The molecule has 3 rings (SSSR count). The molecule has 6 nitrogen and oxygen atoms in total. The third kappa shape index (κ3) is 4.73. The van der Waals surface area contributed by atoms with E-state index in [-0.39, 0.29) is 5.91 Å². The van der Waals surface area contributed by atoms with Gasteiger partial charge in [0.1, 0.15) is 23.9 Å². The minimum atomic E-state index is -0.382. The van der Waals surface area contributed by atoms with Crippen LogP contribution in [0.4, 0.5) is 0 Å². The summed E-state index contributed by atoms with van der Waals surface area (Å²) in [6, 6.07) is 16.7. The number of nitrogens with zero attached hydrogens (tertiary/aromatic N) is 1. The zero-order valence-corrected chi connectivity index (χ0v) is 16.3. The van der Waals surface area contributed by atoms with Crippen LogP contribution in [0.5, 0.6) is 17.2 Å². The molecule has 0 heterocycles. The van der Waals surface area contributed by atoms with Crippen molar-refractivity contribution in [2.24, 2.45) is 5.10 Å². The lowest BCUT2D eigenvalue weighted by Gasteiger charge is -2.10. The lowest BCUT2D eigenvalue weighted by atomic mass is 10.0. The van der Waals surface area contributed by atoms with Gasteiger partial charge in [0.15, 0.2) is 0 Å². The molecule has 0 aliphatic heterocycles. The Morgan fingerprint density at radius 1 is 1.07 bits per heavy atom. The summed E-state index contributed by atoms with van der Waals surface area (Å²) < 4.78 is 16.1. The number of rotatable bonds is 8. The molecular weight excluding hydrogens is 368 g/mol. The van der Waals surface area contributed by atoms with Crippen molar-refractivity contribution < 1.29 is 19.0 Å². The van der Waals surface area contributed by atoms with E-state index in [1.165, 1.54) is 14.2 Å². The molecule has 1 N–H and O–H groups in total. The first-order valence-corrected chi connectivity index (χ1v) is 8.98. The van der Waals surface area contributed by atoms with Crippen LogP contribution in [0, 0.1) is 0 Å². The molecule has 148 valence electrons. The Hall–Kier alpha value is -3.80. The maximum atomic E-state index is 12.5.